The lowest BCUT2D eigenvalue weighted by atomic mass is 9.95. The van der Waals surface area contributed by atoms with Crippen LogP contribution in [0.1, 0.15) is 26.7 Å². The molecule has 0 unspecified atom stereocenters. The molecule has 0 aromatic heterocycles. The van der Waals surface area contributed by atoms with Gasteiger partial charge >= 0.3 is 0 Å². The van der Waals surface area contributed by atoms with Crippen molar-refractivity contribution in [1.82, 2.24) is 14.7 Å². The van der Waals surface area contributed by atoms with Crippen LogP contribution >= 0.6 is 0 Å². The third-order valence-corrected chi connectivity index (χ3v) is 5.70. The molecule has 0 bridgehead atoms. The number of hydrogen-bond acceptors (Lipinski definition) is 6. The first-order valence-electron chi connectivity index (χ1n) is 10.3. The molecule has 2 saturated heterocycles. The lowest BCUT2D eigenvalue weighted by molar-refractivity contribution is -0.123. The van der Waals surface area contributed by atoms with Crippen LogP contribution in [-0.2, 0) is 14.3 Å². The smallest absolute Gasteiger partial charge is 0.149 e. The molecule has 26 heavy (non-hydrogen) atoms. The van der Waals surface area contributed by atoms with Gasteiger partial charge in [-0.3, -0.25) is 14.6 Å². The van der Waals surface area contributed by atoms with E-state index < -0.39 is 0 Å². The zero-order valence-electron chi connectivity index (χ0n) is 17.1. The number of carbonyl (C=O) groups excluding carboxylic acids is 1. The highest BCUT2D eigenvalue weighted by Gasteiger charge is 2.25. The molecule has 2 rings (SSSR count). The lowest BCUT2D eigenvalue weighted by Gasteiger charge is -2.38. The zero-order valence-corrected chi connectivity index (χ0v) is 17.1. The van der Waals surface area contributed by atoms with E-state index in [1.165, 1.54) is 32.5 Å². The largest absolute Gasteiger partial charge is 0.382 e. The Kier molecular flexibility index (Phi) is 10.1. The van der Waals surface area contributed by atoms with Crippen LogP contribution in [0.4, 0.5) is 0 Å². The van der Waals surface area contributed by atoms with Crippen LogP contribution in [0.25, 0.3) is 0 Å². The topological polar surface area (TPSA) is 45.3 Å². The number of carbonyl (C=O) groups is 1. The third kappa shape index (κ3) is 8.01. The molecule has 0 saturated carbocycles. The SMILES string of the molecule is COCCOCCN1CCN(CC2CCN(CC(=O)C(C)C)CC2)CC1. The fraction of sp³-hybridized carbons (Fsp3) is 0.950. The summed E-state index contributed by atoms with van der Waals surface area (Å²) in [4.78, 5) is 19.4. The maximum Gasteiger partial charge on any atom is 0.149 e. The summed E-state index contributed by atoms with van der Waals surface area (Å²) in [7, 11) is 1.71. The van der Waals surface area contributed by atoms with Gasteiger partial charge in [0.15, 0.2) is 0 Å². The zero-order chi connectivity index (χ0) is 18.8. The van der Waals surface area contributed by atoms with Gasteiger partial charge in [0.2, 0.25) is 0 Å². The monoisotopic (exact) mass is 369 g/mol. The number of ether oxygens (including phenoxy) is 2. The Morgan fingerprint density at radius 1 is 0.923 bits per heavy atom. The van der Waals surface area contributed by atoms with E-state index in [1.807, 2.05) is 13.8 Å². The Hall–Kier alpha value is -0.530. The van der Waals surface area contributed by atoms with Crippen LogP contribution in [0.2, 0.25) is 0 Å². The highest BCUT2D eigenvalue weighted by Crippen LogP contribution is 2.19. The van der Waals surface area contributed by atoms with Crippen LogP contribution < -0.4 is 0 Å². The van der Waals surface area contributed by atoms with Crippen LogP contribution in [0, 0.1) is 11.8 Å². The molecule has 0 spiro atoms. The van der Waals surface area contributed by atoms with Gasteiger partial charge in [-0.2, -0.15) is 0 Å². The molecule has 2 aliphatic heterocycles. The van der Waals surface area contributed by atoms with E-state index >= 15 is 0 Å². The first-order chi connectivity index (χ1) is 12.6. The Balaban J connectivity index is 1.54. The van der Waals surface area contributed by atoms with Gasteiger partial charge in [0.05, 0.1) is 26.4 Å². The van der Waals surface area contributed by atoms with Gasteiger partial charge in [0.25, 0.3) is 0 Å². The van der Waals surface area contributed by atoms with Gasteiger partial charge < -0.3 is 14.4 Å². The lowest BCUT2D eigenvalue weighted by Crippen LogP contribution is -2.49. The number of methoxy groups -OCH3 is 1. The van der Waals surface area contributed by atoms with Gasteiger partial charge in [-0.15, -0.1) is 0 Å². The molecule has 2 aliphatic rings. The number of Topliss-reactive ketones (excluding diaryl/α,β-unsaturated/α-hetero) is 1. The molecule has 0 amide bonds. The van der Waals surface area contributed by atoms with E-state index in [0.717, 1.165) is 45.2 Å². The van der Waals surface area contributed by atoms with Crippen LogP contribution in [0.3, 0.4) is 0 Å². The average molecular weight is 370 g/mol. The quantitative estimate of drug-likeness (QED) is 0.510. The van der Waals surface area contributed by atoms with Crippen molar-refractivity contribution >= 4 is 5.78 Å². The summed E-state index contributed by atoms with van der Waals surface area (Å²) < 4.78 is 10.6. The molecular weight excluding hydrogens is 330 g/mol. The Bertz CT molecular complexity index is 390. The molecule has 0 N–H and O–H groups in total. The number of nitrogens with zero attached hydrogens (tertiary/aromatic N) is 3. The summed E-state index contributed by atoms with van der Waals surface area (Å²) in [6, 6.07) is 0. The summed E-state index contributed by atoms with van der Waals surface area (Å²) in [6.45, 7) is 15.9. The normalized spacial score (nSPS) is 21.5. The van der Waals surface area contributed by atoms with Crippen LogP contribution in [-0.4, -0.2) is 106 Å². The van der Waals surface area contributed by atoms with Crippen LogP contribution in [0.5, 0.6) is 0 Å². The van der Waals surface area contributed by atoms with E-state index in [9.17, 15) is 4.79 Å². The molecule has 6 nitrogen and oxygen atoms in total. The minimum Gasteiger partial charge on any atom is -0.382 e. The number of piperazine rings is 1. The van der Waals surface area contributed by atoms with Gasteiger partial charge in [-0.05, 0) is 31.8 Å². The molecule has 2 fully saturated rings. The van der Waals surface area contributed by atoms with E-state index in [0.29, 0.717) is 25.5 Å². The molecular formula is C20H39N3O3. The molecule has 0 aromatic rings. The van der Waals surface area contributed by atoms with Crippen molar-refractivity contribution in [3.8, 4) is 0 Å². The third-order valence-electron chi connectivity index (χ3n) is 5.70. The van der Waals surface area contributed by atoms with Gasteiger partial charge in [-0.1, -0.05) is 13.8 Å². The van der Waals surface area contributed by atoms with E-state index in [-0.39, 0.29) is 5.92 Å². The standard InChI is InChI=1S/C20H39N3O3/c1-18(2)20(24)17-22-6-4-19(5-7-22)16-23-10-8-21(9-11-23)12-13-26-15-14-25-3/h18-19H,4-17H2,1-3H3. The minimum atomic E-state index is 0.161. The van der Waals surface area contributed by atoms with Crippen LogP contribution in [0.15, 0.2) is 0 Å². The summed E-state index contributed by atoms with van der Waals surface area (Å²) in [5.41, 5.74) is 0. The average Bonchev–Trinajstić information content (AvgIpc) is 2.64. The van der Waals surface area contributed by atoms with E-state index in [2.05, 4.69) is 14.7 Å². The van der Waals surface area contributed by atoms with Crippen molar-refractivity contribution in [2.24, 2.45) is 11.8 Å². The summed E-state index contributed by atoms with van der Waals surface area (Å²) in [6.07, 6.45) is 2.47. The molecule has 0 aromatic carbocycles. The summed E-state index contributed by atoms with van der Waals surface area (Å²) >= 11 is 0. The van der Waals surface area contributed by atoms with E-state index in [1.54, 1.807) is 7.11 Å². The van der Waals surface area contributed by atoms with E-state index in [4.69, 9.17) is 9.47 Å². The Labute approximate surface area is 159 Å². The summed E-state index contributed by atoms with van der Waals surface area (Å²) in [5.74, 6) is 1.34. The van der Waals surface area contributed by atoms with Crippen molar-refractivity contribution in [3.63, 3.8) is 0 Å². The predicted octanol–water partition coefficient (Wildman–Crippen LogP) is 1.20. The molecule has 6 heteroatoms. The first-order valence-corrected chi connectivity index (χ1v) is 10.3. The van der Waals surface area contributed by atoms with Gasteiger partial charge in [0, 0.05) is 52.3 Å². The highest BCUT2D eigenvalue weighted by atomic mass is 16.5. The molecule has 0 radical (unpaired) electrons. The number of hydrogen-bond donors (Lipinski definition) is 0. The predicted molar refractivity (Wildman–Crippen MR) is 105 cm³/mol. The molecule has 152 valence electrons. The fourth-order valence-electron chi connectivity index (χ4n) is 3.73. The minimum absolute atomic E-state index is 0.161. The maximum absolute atomic E-state index is 11.9. The first kappa shape index (κ1) is 21.8. The second kappa shape index (κ2) is 12.0. The number of likely N-dealkylation sites (tertiary alicyclic amines) is 1. The Morgan fingerprint density at radius 2 is 1.58 bits per heavy atom. The number of piperidine rings is 1. The number of rotatable bonds is 11. The van der Waals surface area contributed by atoms with Gasteiger partial charge in [-0.25, -0.2) is 0 Å². The summed E-state index contributed by atoms with van der Waals surface area (Å²) in [5, 5.41) is 0. The Morgan fingerprint density at radius 3 is 2.19 bits per heavy atom. The molecule has 0 aliphatic carbocycles. The highest BCUT2D eigenvalue weighted by molar-refractivity contribution is 5.82. The maximum atomic E-state index is 11.9. The molecule has 2 heterocycles. The van der Waals surface area contributed by atoms with Crippen molar-refractivity contribution in [2.45, 2.75) is 26.7 Å². The molecule has 0 atom stereocenters. The number of ketones is 1. The van der Waals surface area contributed by atoms with Gasteiger partial charge in [0.1, 0.15) is 5.78 Å². The van der Waals surface area contributed by atoms with Crippen molar-refractivity contribution in [2.75, 3.05) is 85.8 Å². The van der Waals surface area contributed by atoms with Crippen molar-refractivity contribution in [3.05, 3.63) is 0 Å². The van der Waals surface area contributed by atoms with Crippen molar-refractivity contribution in [1.29, 1.82) is 0 Å². The second-order valence-electron chi connectivity index (χ2n) is 8.09. The fourth-order valence-corrected chi connectivity index (χ4v) is 3.73. The van der Waals surface area contributed by atoms with Crippen molar-refractivity contribution < 1.29 is 14.3 Å². The second-order valence-corrected chi connectivity index (χ2v) is 8.09.